The second kappa shape index (κ2) is 9.22. The molecule has 2 aromatic rings. The van der Waals surface area contributed by atoms with Crippen molar-refractivity contribution in [2.45, 2.75) is 39.5 Å². The lowest BCUT2D eigenvalue weighted by Crippen LogP contribution is -2.36. The van der Waals surface area contributed by atoms with Crippen LogP contribution in [0.1, 0.15) is 47.8 Å². The number of carbonyl (C=O) groups excluding carboxylic acids is 2. The molecule has 1 aliphatic carbocycles. The second-order valence-corrected chi connectivity index (χ2v) is 8.37. The number of thiophene rings is 1. The third-order valence-electron chi connectivity index (χ3n) is 5.28. The fraction of sp³-hybridized carbons (Fsp3) is 0.409. The molecule has 7 heteroatoms. The van der Waals surface area contributed by atoms with Crippen LogP contribution < -0.4 is 5.32 Å². The van der Waals surface area contributed by atoms with Gasteiger partial charge in [0.1, 0.15) is 10.6 Å². The van der Waals surface area contributed by atoms with E-state index in [2.05, 4.69) is 5.32 Å². The van der Waals surface area contributed by atoms with Gasteiger partial charge in [-0.25, -0.2) is 4.79 Å². The molecule has 0 aliphatic heterocycles. The average molecular weight is 416 g/mol. The number of hydrogen-bond acceptors (Lipinski definition) is 5. The Hall–Kier alpha value is -2.67. The van der Waals surface area contributed by atoms with Crippen molar-refractivity contribution < 1.29 is 24.2 Å². The van der Waals surface area contributed by atoms with Crippen LogP contribution in [0.4, 0.5) is 5.00 Å². The summed E-state index contributed by atoms with van der Waals surface area (Å²) in [5.41, 5.74) is 1.94. The summed E-state index contributed by atoms with van der Waals surface area (Å²) in [6, 6.07) is 9.49. The van der Waals surface area contributed by atoms with Gasteiger partial charge in [0, 0.05) is 10.4 Å². The number of esters is 1. The summed E-state index contributed by atoms with van der Waals surface area (Å²) in [7, 11) is 0. The molecule has 29 heavy (non-hydrogen) atoms. The van der Waals surface area contributed by atoms with E-state index >= 15 is 0 Å². The molecule has 1 fully saturated rings. The Balaban J connectivity index is 1.97. The number of aryl methyl sites for hydroxylation is 1. The molecule has 3 rings (SSSR count). The first-order valence-electron chi connectivity index (χ1n) is 9.83. The maximum Gasteiger partial charge on any atom is 0.341 e. The Bertz CT molecular complexity index is 905. The summed E-state index contributed by atoms with van der Waals surface area (Å²) in [5.74, 6) is -3.07. The highest BCUT2D eigenvalue weighted by Gasteiger charge is 2.36. The van der Waals surface area contributed by atoms with Crippen molar-refractivity contribution in [3.05, 3.63) is 40.8 Å². The molecule has 1 saturated carbocycles. The van der Waals surface area contributed by atoms with Gasteiger partial charge >= 0.3 is 11.9 Å². The van der Waals surface area contributed by atoms with Crippen molar-refractivity contribution in [1.82, 2.24) is 0 Å². The van der Waals surface area contributed by atoms with Gasteiger partial charge in [-0.3, -0.25) is 9.59 Å². The molecular formula is C22H25NO5S. The van der Waals surface area contributed by atoms with E-state index in [1.807, 2.05) is 37.3 Å². The topological polar surface area (TPSA) is 92.7 Å². The third-order valence-corrected chi connectivity index (χ3v) is 6.30. The van der Waals surface area contributed by atoms with Crippen molar-refractivity contribution >= 4 is 34.2 Å². The van der Waals surface area contributed by atoms with E-state index < -0.39 is 23.8 Å². The number of benzene rings is 1. The number of aliphatic carboxylic acids is 1. The molecule has 1 aromatic heterocycles. The number of rotatable bonds is 6. The number of ether oxygens (including phenoxy) is 1. The summed E-state index contributed by atoms with van der Waals surface area (Å²) in [6.07, 6.45) is 2.67. The van der Waals surface area contributed by atoms with Crippen LogP contribution in [-0.2, 0) is 14.3 Å². The van der Waals surface area contributed by atoms with E-state index in [4.69, 9.17) is 4.74 Å². The first kappa shape index (κ1) is 21.0. The molecule has 0 saturated heterocycles. The van der Waals surface area contributed by atoms with E-state index in [-0.39, 0.29) is 12.5 Å². The number of nitrogens with one attached hydrogen (secondary N) is 1. The normalized spacial score (nSPS) is 18.8. The molecule has 0 radical (unpaired) electrons. The molecule has 0 bridgehead atoms. The first-order chi connectivity index (χ1) is 13.9. The third kappa shape index (κ3) is 4.50. The lowest BCUT2D eigenvalue weighted by molar-refractivity contribution is -0.147. The van der Waals surface area contributed by atoms with Crippen molar-refractivity contribution in [2.24, 2.45) is 11.8 Å². The Kier molecular flexibility index (Phi) is 6.69. The number of hydrogen-bond donors (Lipinski definition) is 2. The van der Waals surface area contributed by atoms with Crippen LogP contribution >= 0.6 is 11.3 Å². The highest BCUT2D eigenvalue weighted by atomic mass is 32.1. The summed E-state index contributed by atoms with van der Waals surface area (Å²) in [5, 5.41) is 12.7. The van der Waals surface area contributed by atoms with E-state index in [0.29, 0.717) is 23.4 Å². The summed E-state index contributed by atoms with van der Waals surface area (Å²) >= 11 is 1.31. The van der Waals surface area contributed by atoms with E-state index in [1.54, 1.807) is 6.92 Å². The lowest BCUT2D eigenvalue weighted by atomic mass is 9.78. The van der Waals surface area contributed by atoms with E-state index in [1.165, 1.54) is 11.3 Å². The van der Waals surface area contributed by atoms with Crippen LogP contribution in [0, 0.1) is 18.8 Å². The van der Waals surface area contributed by atoms with Gasteiger partial charge in [0.05, 0.1) is 18.4 Å². The van der Waals surface area contributed by atoms with Crippen molar-refractivity contribution in [3.8, 4) is 11.1 Å². The van der Waals surface area contributed by atoms with Crippen molar-refractivity contribution in [1.29, 1.82) is 0 Å². The monoisotopic (exact) mass is 415 g/mol. The minimum atomic E-state index is -0.942. The van der Waals surface area contributed by atoms with Crippen LogP contribution in [0.25, 0.3) is 11.1 Å². The predicted molar refractivity (Wildman–Crippen MR) is 112 cm³/mol. The smallest absolute Gasteiger partial charge is 0.341 e. The number of carboxylic acid groups (broad SMARTS) is 1. The highest BCUT2D eigenvalue weighted by Crippen LogP contribution is 2.41. The highest BCUT2D eigenvalue weighted by molar-refractivity contribution is 7.17. The van der Waals surface area contributed by atoms with E-state index in [9.17, 15) is 19.5 Å². The maximum absolute atomic E-state index is 13.0. The van der Waals surface area contributed by atoms with Gasteiger partial charge in [-0.2, -0.15) is 0 Å². The number of amides is 1. The standard InChI is InChI=1S/C22H25NO5S/c1-3-28-22(27)18-17(14-9-5-4-6-10-14)13(2)29-20(18)23-19(24)15-11-7-8-12-16(15)21(25)26/h4-6,9-10,15-16H,3,7-8,11-12H2,1-2H3,(H,23,24)(H,25,26)/t15-,16-/m1/s1. The molecule has 2 atom stereocenters. The minimum absolute atomic E-state index is 0.221. The summed E-state index contributed by atoms with van der Waals surface area (Å²) in [6.45, 7) is 3.85. The SMILES string of the molecule is CCOC(=O)c1c(NC(=O)[C@@H]2CCCC[C@H]2C(=O)O)sc(C)c1-c1ccccc1. The fourth-order valence-electron chi connectivity index (χ4n) is 3.93. The average Bonchev–Trinajstić information content (AvgIpc) is 3.04. The van der Waals surface area contributed by atoms with Gasteiger partial charge in [0.25, 0.3) is 0 Å². The van der Waals surface area contributed by atoms with Crippen LogP contribution in [0.15, 0.2) is 30.3 Å². The van der Waals surface area contributed by atoms with Gasteiger partial charge in [-0.15, -0.1) is 11.3 Å². The minimum Gasteiger partial charge on any atom is -0.481 e. The van der Waals surface area contributed by atoms with Crippen molar-refractivity contribution in [2.75, 3.05) is 11.9 Å². The van der Waals surface area contributed by atoms with Gasteiger partial charge in [-0.05, 0) is 32.3 Å². The Morgan fingerprint density at radius 2 is 1.79 bits per heavy atom. The molecule has 154 valence electrons. The zero-order valence-electron chi connectivity index (χ0n) is 16.6. The van der Waals surface area contributed by atoms with Gasteiger partial charge in [0.2, 0.25) is 5.91 Å². The molecule has 1 aromatic carbocycles. The second-order valence-electron chi connectivity index (χ2n) is 7.15. The zero-order valence-corrected chi connectivity index (χ0v) is 17.4. The maximum atomic E-state index is 13.0. The Morgan fingerprint density at radius 1 is 1.14 bits per heavy atom. The molecule has 1 heterocycles. The van der Waals surface area contributed by atoms with Crippen LogP contribution in [0.5, 0.6) is 0 Å². The molecule has 1 amide bonds. The van der Waals surface area contributed by atoms with Crippen LogP contribution in [-0.4, -0.2) is 29.6 Å². The zero-order chi connectivity index (χ0) is 21.0. The van der Waals surface area contributed by atoms with Gasteiger partial charge in [0.15, 0.2) is 0 Å². The quantitative estimate of drug-likeness (QED) is 0.666. The van der Waals surface area contributed by atoms with Crippen LogP contribution in [0.2, 0.25) is 0 Å². The summed E-state index contributed by atoms with van der Waals surface area (Å²) < 4.78 is 5.25. The van der Waals surface area contributed by atoms with Crippen molar-refractivity contribution in [3.63, 3.8) is 0 Å². The largest absolute Gasteiger partial charge is 0.481 e. The predicted octanol–water partition coefficient (Wildman–Crippen LogP) is 4.73. The van der Waals surface area contributed by atoms with Gasteiger partial charge in [-0.1, -0.05) is 43.2 Å². The van der Waals surface area contributed by atoms with E-state index in [0.717, 1.165) is 28.8 Å². The molecule has 6 nitrogen and oxygen atoms in total. The summed E-state index contributed by atoms with van der Waals surface area (Å²) in [4.78, 5) is 38.2. The number of carboxylic acids is 1. The van der Waals surface area contributed by atoms with Gasteiger partial charge < -0.3 is 15.2 Å². The Morgan fingerprint density at radius 3 is 2.41 bits per heavy atom. The molecule has 1 aliphatic rings. The Labute approximate surface area is 173 Å². The number of anilines is 1. The molecule has 2 N–H and O–H groups in total. The molecule has 0 unspecified atom stereocenters. The number of carbonyl (C=O) groups is 3. The fourth-order valence-corrected chi connectivity index (χ4v) is 5.00. The molecular weight excluding hydrogens is 390 g/mol. The first-order valence-corrected chi connectivity index (χ1v) is 10.6. The molecule has 0 spiro atoms. The lowest BCUT2D eigenvalue weighted by Gasteiger charge is -2.27. The van der Waals surface area contributed by atoms with Crippen LogP contribution in [0.3, 0.4) is 0 Å².